The molecule has 0 bridgehead atoms. The fourth-order valence-corrected chi connectivity index (χ4v) is 14.8. The van der Waals surface area contributed by atoms with Crippen LogP contribution in [0.4, 0.5) is 0 Å². The monoisotopic (exact) mass is 819 g/mol. The van der Waals surface area contributed by atoms with Gasteiger partial charge in [-0.2, -0.15) is 0 Å². The molecule has 12 aromatic rings. The van der Waals surface area contributed by atoms with E-state index in [2.05, 4.69) is 253 Å². The summed E-state index contributed by atoms with van der Waals surface area (Å²) in [6, 6.07) is 91.0. The van der Waals surface area contributed by atoms with E-state index in [4.69, 9.17) is 4.42 Å². The van der Waals surface area contributed by atoms with Gasteiger partial charge in [-0.25, -0.2) is 0 Å². The van der Waals surface area contributed by atoms with Crippen molar-refractivity contribution in [3.05, 3.63) is 249 Å². The maximum absolute atomic E-state index is 6.44. The number of benzene rings is 10. The van der Waals surface area contributed by atoms with Crippen LogP contribution in [0.5, 0.6) is 0 Å². The van der Waals surface area contributed by atoms with E-state index in [1.165, 1.54) is 59.2 Å². The molecule has 0 saturated carbocycles. The lowest BCUT2D eigenvalue weighted by Gasteiger charge is -2.34. The number of hydrogen-bond donors (Lipinski definition) is 0. The predicted molar refractivity (Wildman–Crippen MR) is 268 cm³/mol. The van der Waals surface area contributed by atoms with Crippen LogP contribution in [0.3, 0.4) is 0 Å². The summed E-state index contributed by atoms with van der Waals surface area (Å²) in [6.45, 7) is 0. The van der Waals surface area contributed by atoms with Crippen molar-refractivity contribution in [1.29, 1.82) is 0 Å². The van der Waals surface area contributed by atoms with Gasteiger partial charge < -0.3 is 8.98 Å². The Kier molecular flexibility index (Phi) is 8.87. The second-order valence-electron chi connectivity index (χ2n) is 16.5. The predicted octanol–water partition coefficient (Wildman–Crippen LogP) is 13.1. The summed E-state index contributed by atoms with van der Waals surface area (Å²) in [6.07, 6.45) is 0. The second kappa shape index (κ2) is 15.2. The van der Waals surface area contributed by atoms with E-state index < -0.39 is 8.07 Å². The Balaban J connectivity index is 0.905. The van der Waals surface area contributed by atoms with Gasteiger partial charge in [0, 0.05) is 27.2 Å². The van der Waals surface area contributed by atoms with E-state index in [-0.39, 0.29) is 0 Å². The van der Waals surface area contributed by atoms with Crippen molar-refractivity contribution in [1.82, 2.24) is 4.57 Å². The minimum Gasteiger partial charge on any atom is -0.456 e. The van der Waals surface area contributed by atoms with Crippen LogP contribution >= 0.6 is 0 Å². The van der Waals surface area contributed by atoms with E-state index in [0.29, 0.717) is 0 Å². The molecule has 0 aliphatic heterocycles. The SMILES string of the molecule is c1ccc([Si](c2ccccc2)(c2ccccc2)c2ccc(-c3cccc(-c4ccc5oc6ccc(-c7cccc(-n8c9ccccc9c9ccccc98)c7)cc6c5c4)c3)cc2)cc1. The maximum atomic E-state index is 6.44. The minimum absolute atomic E-state index is 0.888. The number of furan rings is 1. The summed E-state index contributed by atoms with van der Waals surface area (Å²) in [4.78, 5) is 0. The van der Waals surface area contributed by atoms with Gasteiger partial charge in [0.2, 0.25) is 0 Å². The Bertz CT molecular complexity index is 3460. The third-order valence-corrected chi connectivity index (χ3v) is 17.8. The van der Waals surface area contributed by atoms with Gasteiger partial charge in [-0.1, -0.05) is 194 Å². The highest BCUT2D eigenvalue weighted by Crippen LogP contribution is 2.37. The van der Waals surface area contributed by atoms with Gasteiger partial charge in [0.1, 0.15) is 11.2 Å². The molecule has 2 heterocycles. The van der Waals surface area contributed by atoms with Gasteiger partial charge in [0.05, 0.1) is 11.0 Å². The lowest BCUT2D eigenvalue weighted by atomic mass is 9.97. The lowest BCUT2D eigenvalue weighted by molar-refractivity contribution is 0.669. The molecule has 0 fully saturated rings. The summed E-state index contributed by atoms with van der Waals surface area (Å²) < 4.78 is 8.82. The Morgan fingerprint density at radius 2 is 0.667 bits per heavy atom. The van der Waals surface area contributed by atoms with Crippen molar-refractivity contribution in [2.75, 3.05) is 0 Å². The van der Waals surface area contributed by atoms with Crippen molar-refractivity contribution in [3.8, 4) is 39.1 Å². The van der Waals surface area contributed by atoms with E-state index in [1.54, 1.807) is 0 Å². The zero-order valence-electron chi connectivity index (χ0n) is 34.5. The van der Waals surface area contributed by atoms with Crippen LogP contribution in [0.1, 0.15) is 0 Å². The first kappa shape index (κ1) is 36.8. The van der Waals surface area contributed by atoms with Crippen molar-refractivity contribution < 1.29 is 4.42 Å². The highest BCUT2D eigenvalue weighted by molar-refractivity contribution is 7.19. The topological polar surface area (TPSA) is 18.1 Å². The highest BCUT2D eigenvalue weighted by Gasteiger charge is 2.41. The molecular formula is C60H41NOSi. The van der Waals surface area contributed by atoms with Crippen molar-refractivity contribution in [3.63, 3.8) is 0 Å². The summed E-state index contributed by atoms with van der Waals surface area (Å²) in [5, 5.41) is 10.2. The van der Waals surface area contributed by atoms with E-state index in [0.717, 1.165) is 44.3 Å². The molecule has 0 N–H and O–H groups in total. The molecule has 0 aliphatic carbocycles. The van der Waals surface area contributed by atoms with Crippen LogP contribution in [-0.4, -0.2) is 12.6 Å². The van der Waals surface area contributed by atoms with Gasteiger partial charge in [0.25, 0.3) is 0 Å². The van der Waals surface area contributed by atoms with Crippen LogP contribution in [0.2, 0.25) is 0 Å². The van der Waals surface area contributed by atoms with Gasteiger partial charge in [-0.05, 0) is 109 Å². The first-order valence-electron chi connectivity index (χ1n) is 21.7. The molecule has 0 atom stereocenters. The first-order valence-corrected chi connectivity index (χ1v) is 23.7. The smallest absolute Gasteiger partial charge is 0.179 e. The molecule has 0 saturated heterocycles. The van der Waals surface area contributed by atoms with Crippen molar-refractivity contribution >= 4 is 72.6 Å². The van der Waals surface area contributed by atoms with Gasteiger partial charge >= 0.3 is 0 Å². The highest BCUT2D eigenvalue weighted by atomic mass is 28.3. The zero-order valence-corrected chi connectivity index (χ0v) is 35.5. The van der Waals surface area contributed by atoms with E-state index >= 15 is 0 Å². The molecule has 10 aromatic carbocycles. The van der Waals surface area contributed by atoms with E-state index in [9.17, 15) is 0 Å². The Morgan fingerprint density at radius 3 is 1.19 bits per heavy atom. The Labute approximate surface area is 367 Å². The van der Waals surface area contributed by atoms with Crippen LogP contribution in [0, 0.1) is 0 Å². The van der Waals surface area contributed by atoms with Crippen LogP contribution in [-0.2, 0) is 0 Å². The first-order chi connectivity index (χ1) is 31.2. The number of rotatable bonds is 8. The van der Waals surface area contributed by atoms with Gasteiger partial charge in [-0.3, -0.25) is 0 Å². The third kappa shape index (κ3) is 6.16. The van der Waals surface area contributed by atoms with Crippen LogP contribution < -0.4 is 20.7 Å². The normalized spacial score (nSPS) is 11.8. The number of para-hydroxylation sites is 2. The minimum atomic E-state index is -2.60. The summed E-state index contributed by atoms with van der Waals surface area (Å²) in [7, 11) is -2.60. The molecule has 2 nitrogen and oxygen atoms in total. The third-order valence-electron chi connectivity index (χ3n) is 13.0. The maximum Gasteiger partial charge on any atom is 0.179 e. The average molecular weight is 820 g/mol. The van der Waals surface area contributed by atoms with Crippen molar-refractivity contribution in [2.24, 2.45) is 0 Å². The largest absolute Gasteiger partial charge is 0.456 e. The molecule has 296 valence electrons. The standard InChI is InChI=1S/C60H41NOSi/c1-4-20-49(21-5-1)63(50-22-6-2-7-23-50,51-24-8-3-9-25-51)52-34-30-42(31-35-52)43-16-14-17-44(38-43)46-32-36-59-55(40-46)56-41-47(33-37-60(56)62-59)45-18-15-19-48(39-45)61-57-28-12-10-26-53(57)54-27-11-13-29-58(54)61/h1-41H. The molecule has 63 heavy (non-hydrogen) atoms. The van der Waals surface area contributed by atoms with Crippen LogP contribution in [0.15, 0.2) is 253 Å². The summed E-state index contributed by atoms with van der Waals surface area (Å²) in [5.41, 5.74) is 12.4. The average Bonchev–Trinajstić information content (AvgIpc) is 3.91. The number of nitrogens with zero attached hydrogens (tertiary/aromatic N) is 1. The molecule has 0 radical (unpaired) electrons. The Morgan fingerprint density at radius 1 is 0.270 bits per heavy atom. The number of aromatic nitrogens is 1. The molecule has 12 rings (SSSR count). The number of hydrogen-bond acceptors (Lipinski definition) is 1. The molecule has 3 heteroatoms. The Hall–Kier alpha value is -7.98. The molecular weight excluding hydrogens is 779 g/mol. The zero-order chi connectivity index (χ0) is 41.7. The fraction of sp³-hybridized carbons (Fsp3) is 0. The van der Waals surface area contributed by atoms with Crippen molar-refractivity contribution in [2.45, 2.75) is 0 Å². The van der Waals surface area contributed by atoms with Crippen LogP contribution in [0.25, 0.3) is 82.8 Å². The van der Waals surface area contributed by atoms with E-state index in [1.807, 2.05) is 0 Å². The lowest BCUT2D eigenvalue weighted by Crippen LogP contribution is -2.74. The summed E-state index contributed by atoms with van der Waals surface area (Å²) in [5.74, 6) is 0. The molecule has 0 unspecified atom stereocenters. The quantitative estimate of drug-likeness (QED) is 0.110. The fourth-order valence-electron chi connectivity index (χ4n) is 10.0. The van der Waals surface area contributed by atoms with Gasteiger partial charge in [-0.15, -0.1) is 0 Å². The summed E-state index contributed by atoms with van der Waals surface area (Å²) >= 11 is 0. The molecule has 0 spiro atoms. The number of fused-ring (bicyclic) bond motifs is 6. The second-order valence-corrected chi connectivity index (χ2v) is 20.3. The molecule has 0 amide bonds. The van der Waals surface area contributed by atoms with Gasteiger partial charge in [0.15, 0.2) is 8.07 Å². The molecule has 0 aliphatic rings. The molecule has 2 aromatic heterocycles.